The molecule has 0 aliphatic carbocycles. The Morgan fingerprint density at radius 1 is 1.25 bits per heavy atom. The van der Waals surface area contributed by atoms with E-state index in [1.165, 1.54) is 17.8 Å². The summed E-state index contributed by atoms with van der Waals surface area (Å²) in [4.78, 5) is 19.1. The second-order valence-corrected chi connectivity index (χ2v) is 7.38. The van der Waals surface area contributed by atoms with E-state index in [-0.39, 0.29) is 30.7 Å². The summed E-state index contributed by atoms with van der Waals surface area (Å²) in [6.07, 6.45) is 3.34. The van der Waals surface area contributed by atoms with Crippen molar-refractivity contribution in [3.63, 3.8) is 0 Å². The number of likely N-dealkylation sites (tertiary alicyclic amines) is 1. The van der Waals surface area contributed by atoms with Crippen LogP contribution >= 0.6 is 36.2 Å². The number of hydrogen-bond donors (Lipinski definition) is 2. The van der Waals surface area contributed by atoms with Crippen LogP contribution in [0.15, 0.2) is 29.6 Å². The van der Waals surface area contributed by atoms with Crippen molar-refractivity contribution in [2.45, 2.75) is 19.3 Å². The van der Waals surface area contributed by atoms with Crippen LogP contribution < -0.4 is 15.4 Å². The first kappa shape index (κ1) is 24.5. The Bertz CT molecular complexity index is 719. The van der Waals surface area contributed by atoms with E-state index >= 15 is 0 Å². The number of thiazole rings is 1. The number of amides is 1. The molecule has 1 aliphatic heterocycles. The van der Waals surface area contributed by atoms with Crippen LogP contribution in [0.1, 0.15) is 29.8 Å². The van der Waals surface area contributed by atoms with Gasteiger partial charge in [-0.2, -0.15) is 0 Å². The van der Waals surface area contributed by atoms with Gasteiger partial charge in [-0.25, -0.2) is 4.98 Å². The fraction of sp³-hybridized carbons (Fsp3) is 0.474. The highest BCUT2D eigenvalue weighted by atomic mass is 35.5. The minimum atomic E-state index is 0. The molecule has 2 heterocycles. The SMILES string of the molecule is CNCCC1CCN(C(=O)c2csc(Nc3ccc(OC)cc3)n2)CC1.Cl.Cl. The molecule has 6 nitrogen and oxygen atoms in total. The molecule has 0 unspecified atom stereocenters. The van der Waals surface area contributed by atoms with Gasteiger partial charge in [-0.1, -0.05) is 0 Å². The Balaban J connectivity index is 0.00000196. The minimum absolute atomic E-state index is 0. The number of halogens is 2. The molecule has 9 heteroatoms. The van der Waals surface area contributed by atoms with Crippen LogP contribution in [0.2, 0.25) is 0 Å². The third-order valence-corrected chi connectivity index (χ3v) is 5.53. The van der Waals surface area contributed by atoms with Crippen molar-refractivity contribution >= 4 is 52.9 Å². The number of nitrogens with zero attached hydrogens (tertiary/aromatic N) is 2. The zero-order chi connectivity index (χ0) is 18.4. The maximum atomic E-state index is 12.7. The number of carbonyl (C=O) groups excluding carboxylic acids is 1. The lowest BCUT2D eigenvalue weighted by Crippen LogP contribution is -2.39. The molecule has 0 spiro atoms. The predicted molar refractivity (Wildman–Crippen MR) is 120 cm³/mol. The highest BCUT2D eigenvalue weighted by Crippen LogP contribution is 2.25. The average Bonchev–Trinajstić information content (AvgIpc) is 3.15. The Morgan fingerprint density at radius 3 is 2.54 bits per heavy atom. The summed E-state index contributed by atoms with van der Waals surface area (Å²) < 4.78 is 5.16. The number of carbonyl (C=O) groups is 1. The van der Waals surface area contributed by atoms with Crippen LogP contribution in [0.5, 0.6) is 5.75 Å². The summed E-state index contributed by atoms with van der Waals surface area (Å²) in [5, 5.41) is 9.00. The molecule has 1 aliphatic rings. The lowest BCUT2D eigenvalue weighted by Gasteiger charge is -2.31. The topological polar surface area (TPSA) is 66.5 Å². The molecule has 3 rings (SSSR count). The predicted octanol–water partition coefficient (Wildman–Crippen LogP) is 4.20. The summed E-state index contributed by atoms with van der Waals surface area (Å²) in [6.45, 7) is 2.70. The van der Waals surface area contributed by atoms with Gasteiger partial charge in [0.25, 0.3) is 5.91 Å². The van der Waals surface area contributed by atoms with Crippen molar-refractivity contribution < 1.29 is 9.53 Å². The third-order valence-electron chi connectivity index (χ3n) is 4.77. The van der Waals surface area contributed by atoms with E-state index in [2.05, 4.69) is 15.6 Å². The van der Waals surface area contributed by atoms with E-state index in [1.807, 2.05) is 41.6 Å². The molecule has 1 aromatic heterocycles. The number of hydrogen-bond acceptors (Lipinski definition) is 6. The number of aromatic nitrogens is 1. The fourth-order valence-electron chi connectivity index (χ4n) is 3.16. The second kappa shape index (κ2) is 12.1. The maximum absolute atomic E-state index is 12.7. The van der Waals surface area contributed by atoms with Crippen LogP contribution in [-0.4, -0.2) is 49.6 Å². The molecule has 0 saturated carbocycles. The maximum Gasteiger partial charge on any atom is 0.273 e. The summed E-state index contributed by atoms with van der Waals surface area (Å²) in [7, 11) is 3.63. The third kappa shape index (κ3) is 6.51. The van der Waals surface area contributed by atoms with Gasteiger partial charge in [0.15, 0.2) is 5.13 Å². The first-order valence-corrected chi connectivity index (χ1v) is 9.88. The summed E-state index contributed by atoms with van der Waals surface area (Å²) in [5.41, 5.74) is 1.45. The first-order valence-electron chi connectivity index (χ1n) is 9.00. The normalized spacial score (nSPS) is 14.0. The van der Waals surface area contributed by atoms with E-state index in [9.17, 15) is 4.79 Å². The number of anilines is 2. The molecule has 28 heavy (non-hydrogen) atoms. The van der Waals surface area contributed by atoms with Crippen LogP contribution in [0.3, 0.4) is 0 Å². The summed E-state index contributed by atoms with van der Waals surface area (Å²) in [6, 6.07) is 7.63. The van der Waals surface area contributed by atoms with Crippen LogP contribution in [0.4, 0.5) is 10.8 Å². The van der Waals surface area contributed by atoms with Gasteiger partial charge in [0.1, 0.15) is 11.4 Å². The van der Waals surface area contributed by atoms with Crippen molar-refractivity contribution in [3.05, 3.63) is 35.3 Å². The minimum Gasteiger partial charge on any atom is -0.497 e. The molecule has 0 bridgehead atoms. The lowest BCUT2D eigenvalue weighted by molar-refractivity contribution is 0.0682. The monoisotopic (exact) mass is 446 g/mol. The zero-order valence-corrected chi connectivity index (χ0v) is 18.6. The van der Waals surface area contributed by atoms with Gasteiger partial charge in [-0.05, 0) is 63.0 Å². The van der Waals surface area contributed by atoms with Crippen LogP contribution in [-0.2, 0) is 0 Å². The Morgan fingerprint density at radius 2 is 1.93 bits per heavy atom. The smallest absolute Gasteiger partial charge is 0.273 e. The fourth-order valence-corrected chi connectivity index (χ4v) is 3.87. The molecular weight excluding hydrogens is 419 g/mol. The van der Waals surface area contributed by atoms with E-state index in [0.29, 0.717) is 11.6 Å². The van der Waals surface area contributed by atoms with Crippen LogP contribution in [0, 0.1) is 5.92 Å². The van der Waals surface area contributed by atoms with Crippen molar-refractivity contribution in [2.75, 3.05) is 39.1 Å². The molecule has 0 radical (unpaired) electrons. The van der Waals surface area contributed by atoms with Crippen molar-refractivity contribution in [1.29, 1.82) is 0 Å². The Labute approximate surface area is 182 Å². The van der Waals surface area contributed by atoms with Crippen LogP contribution in [0.25, 0.3) is 0 Å². The standard InChI is InChI=1S/C19H26N4O2S.2ClH/c1-20-10-7-14-8-11-23(12-9-14)18(24)17-13-26-19(22-17)21-15-3-5-16(25-2)6-4-15;;/h3-6,13-14,20H,7-12H2,1-2H3,(H,21,22);2*1H. The van der Waals surface area contributed by atoms with Gasteiger partial charge in [0, 0.05) is 24.2 Å². The van der Waals surface area contributed by atoms with E-state index in [1.54, 1.807) is 7.11 Å². The average molecular weight is 447 g/mol. The molecule has 1 aromatic carbocycles. The number of ether oxygens (including phenoxy) is 1. The molecule has 1 amide bonds. The van der Waals surface area contributed by atoms with E-state index in [4.69, 9.17) is 4.74 Å². The highest BCUT2D eigenvalue weighted by molar-refractivity contribution is 7.14. The molecular formula is C19H28Cl2N4O2S. The number of piperidine rings is 1. The number of benzene rings is 1. The molecule has 1 fully saturated rings. The van der Waals surface area contributed by atoms with Gasteiger partial charge in [0.05, 0.1) is 7.11 Å². The number of nitrogens with one attached hydrogen (secondary N) is 2. The largest absolute Gasteiger partial charge is 0.497 e. The quantitative estimate of drug-likeness (QED) is 0.666. The Kier molecular flexibility index (Phi) is 10.6. The van der Waals surface area contributed by atoms with Gasteiger partial charge in [-0.15, -0.1) is 36.2 Å². The summed E-state index contributed by atoms with van der Waals surface area (Å²) >= 11 is 1.45. The molecule has 156 valence electrons. The highest BCUT2D eigenvalue weighted by Gasteiger charge is 2.24. The zero-order valence-electron chi connectivity index (χ0n) is 16.1. The lowest BCUT2D eigenvalue weighted by atomic mass is 9.93. The molecule has 1 saturated heterocycles. The van der Waals surface area contributed by atoms with Gasteiger partial charge in [0.2, 0.25) is 0 Å². The molecule has 0 atom stereocenters. The molecule has 2 N–H and O–H groups in total. The van der Waals surface area contributed by atoms with Crippen molar-refractivity contribution in [1.82, 2.24) is 15.2 Å². The molecule has 2 aromatic rings. The van der Waals surface area contributed by atoms with E-state index < -0.39 is 0 Å². The summed E-state index contributed by atoms with van der Waals surface area (Å²) in [5.74, 6) is 1.56. The first-order chi connectivity index (χ1) is 12.7. The number of methoxy groups -OCH3 is 1. The Hall–Kier alpha value is -1.54. The van der Waals surface area contributed by atoms with Gasteiger partial charge < -0.3 is 20.3 Å². The van der Waals surface area contributed by atoms with Crippen molar-refractivity contribution in [3.8, 4) is 5.75 Å². The van der Waals surface area contributed by atoms with Gasteiger partial charge >= 0.3 is 0 Å². The van der Waals surface area contributed by atoms with E-state index in [0.717, 1.165) is 49.0 Å². The van der Waals surface area contributed by atoms with Gasteiger partial charge in [-0.3, -0.25) is 4.79 Å². The second-order valence-electron chi connectivity index (χ2n) is 6.52. The van der Waals surface area contributed by atoms with Crippen molar-refractivity contribution in [2.24, 2.45) is 5.92 Å². The number of rotatable bonds is 7.